The molecule has 2 heterocycles. The van der Waals surface area contributed by atoms with Gasteiger partial charge in [-0.05, 0) is 25.1 Å². The third-order valence-corrected chi connectivity index (χ3v) is 2.63. The van der Waals surface area contributed by atoms with Gasteiger partial charge in [0.25, 0.3) is 0 Å². The number of hydrogen-bond acceptors (Lipinski definition) is 5. The molecular weight excluding hydrogens is 248 g/mol. The van der Waals surface area contributed by atoms with Crippen molar-refractivity contribution >= 4 is 23.2 Å². The summed E-state index contributed by atoms with van der Waals surface area (Å²) in [5.41, 5.74) is 6.11. The summed E-state index contributed by atoms with van der Waals surface area (Å²) in [5.74, 6) is 2.31. The van der Waals surface area contributed by atoms with Gasteiger partial charge in [-0.2, -0.15) is 0 Å². The SMILES string of the molecule is Cc1ccc(CN(C)c2nccc(C(N)=S)n2)o1. The Morgan fingerprint density at radius 2 is 2.22 bits per heavy atom. The van der Waals surface area contributed by atoms with Gasteiger partial charge < -0.3 is 15.1 Å². The summed E-state index contributed by atoms with van der Waals surface area (Å²) in [4.78, 5) is 10.6. The van der Waals surface area contributed by atoms with Crippen LogP contribution in [0.1, 0.15) is 17.2 Å². The third-order valence-electron chi connectivity index (χ3n) is 2.43. The van der Waals surface area contributed by atoms with Crippen molar-refractivity contribution in [2.24, 2.45) is 5.73 Å². The van der Waals surface area contributed by atoms with Crippen molar-refractivity contribution in [1.82, 2.24) is 9.97 Å². The van der Waals surface area contributed by atoms with Crippen molar-refractivity contribution < 1.29 is 4.42 Å². The monoisotopic (exact) mass is 262 g/mol. The van der Waals surface area contributed by atoms with Crippen LogP contribution in [0.3, 0.4) is 0 Å². The molecule has 94 valence electrons. The maximum atomic E-state index is 5.54. The predicted molar refractivity (Wildman–Crippen MR) is 73.5 cm³/mol. The van der Waals surface area contributed by atoms with E-state index in [2.05, 4.69) is 9.97 Å². The maximum absolute atomic E-state index is 5.54. The van der Waals surface area contributed by atoms with Crippen molar-refractivity contribution in [3.8, 4) is 0 Å². The Hall–Kier alpha value is -1.95. The van der Waals surface area contributed by atoms with Crippen molar-refractivity contribution in [3.63, 3.8) is 0 Å². The van der Waals surface area contributed by atoms with Crippen LogP contribution in [0.5, 0.6) is 0 Å². The second-order valence-electron chi connectivity index (χ2n) is 3.97. The van der Waals surface area contributed by atoms with Crippen molar-refractivity contribution in [1.29, 1.82) is 0 Å². The lowest BCUT2D eigenvalue weighted by atomic mass is 10.4. The molecule has 0 aliphatic carbocycles. The zero-order valence-corrected chi connectivity index (χ0v) is 11.1. The number of nitrogens with zero attached hydrogens (tertiary/aromatic N) is 3. The molecule has 0 aliphatic rings. The number of furan rings is 1. The molecule has 0 bridgehead atoms. The van der Waals surface area contributed by atoms with Crippen LogP contribution in [0.25, 0.3) is 0 Å². The minimum absolute atomic E-state index is 0.265. The Labute approximate surface area is 111 Å². The highest BCUT2D eigenvalue weighted by Gasteiger charge is 2.09. The largest absolute Gasteiger partial charge is 0.464 e. The minimum Gasteiger partial charge on any atom is -0.464 e. The topological polar surface area (TPSA) is 68.2 Å². The predicted octanol–water partition coefficient (Wildman–Crippen LogP) is 1.65. The van der Waals surface area contributed by atoms with Gasteiger partial charge in [0.15, 0.2) is 0 Å². The van der Waals surface area contributed by atoms with Crippen molar-refractivity contribution in [2.75, 3.05) is 11.9 Å². The highest BCUT2D eigenvalue weighted by molar-refractivity contribution is 7.80. The van der Waals surface area contributed by atoms with E-state index in [1.807, 2.05) is 31.0 Å². The van der Waals surface area contributed by atoms with Crippen LogP contribution in [0.4, 0.5) is 5.95 Å². The lowest BCUT2D eigenvalue weighted by Gasteiger charge is -2.15. The molecule has 0 unspecified atom stereocenters. The molecule has 0 atom stereocenters. The molecule has 2 N–H and O–H groups in total. The van der Waals surface area contributed by atoms with Crippen LogP contribution in [-0.2, 0) is 6.54 Å². The van der Waals surface area contributed by atoms with Gasteiger partial charge in [0.05, 0.1) is 6.54 Å². The molecule has 0 aromatic carbocycles. The van der Waals surface area contributed by atoms with E-state index in [0.29, 0.717) is 18.2 Å². The molecular formula is C12H14N4OS. The van der Waals surface area contributed by atoms with E-state index in [1.165, 1.54) is 0 Å². The number of nitrogens with two attached hydrogens (primary N) is 1. The Kier molecular flexibility index (Phi) is 3.57. The van der Waals surface area contributed by atoms with E-state index in [1.54, 1.807) is 12.3 Å². The first-order chi connectivity index (χ1) is 8.56. The van der Waals surface area contributed by atoms with Crippen LogP contribution < -0.4 is 10.6 Å². The van der Waals surface area contributed by atoms with Crippen LogP contribution >= 0.6 is 12.2 Å². The van der Waals surface area contributed by atoms with Crippen LogP contribution in [0, 0.1) is 6.92 Å². The maximum Gasteiger partial charge on any atom is 0.226 e. The lowest BCUT2D eigenvalue weighted by Crippen LogP contribution is -2.21. The summed E-state index contributed by atoms with van der Waals surface area (Å²) in [7, 11) is 1.89. The first-order valence-corrected chi connectivity index (χ1v) is 5.86. The Morgan fingerprint density at radius 1 is 1.44 bits per heavy atom. The summed E-state index contributed by atoms with van der Waals surface area (Å²) in [6.07, 6.45) is 1.64. The van der Waals surface area contributed by atoms with Crippen LogP contribution in [-0.4, -0.2) is 22.0 Å². The van der Waals surface area contributed by atoms with Crippen molar-refractivity contribution in [3.05, 3.63) is 41.6 Å². The zero-order valence-electron chi connectivity index (χ0n) is 10.3. The fourth-order valence-corrected chi connectivity index (χ4v) is 1.66. The first kappa shape index (κ1) is 12.5. The fourth-order valence-electron chi connectivity index (χ4n) is 1.54. The van der Waals surface area contributed by atoms with Crippen LogP contribution in [0.2, 0.25) is 0 Å². The highest BCUT2D eigenvalue weighted by atomic mass is 32.1. The summed E-state index contributed by atoms with van der Waals surface area (Å²) in [6, 6.07) is 5.55. The molecule has 2 aromatic heterocycles. The summed E-state index contributed by atoms with van der Waals surface area (Å²) >= 11 is 4.89. The van der Waals surface area contributed by atoms with E-state index >= 15 is 0 Å². The lowest BCUT2D eigenvalue weighted by molar-refractivity contribution is 0.480. The molecule has 0 saturated heterocycles. The molecule has 0 spiro atoms. The Balaban J connectivity index is 2.15. The molecule has 0 radical (unpaired) electrons. The molecule has 2 rings (SSSR count). The van der Waals surface area contributed by atoms with Crippen molar-refractivity contribution in [2.45, 2.75) is 13.5 Å². The van der Waals surface area contributed by atoms with Gasteiger partial charge in [-0.1, -0.05) is 12.2 Å². The van der Waals surface area contributed by atoms with E-state index < -0.39 is 0 Å². The summed E-state index contributed by atoms with van der Waals surface area (Å²) in [6.45, 7) is 2.50. The van der Waals surface area contributed by atoms with Gasteiger partial charge in [-0.25, -0.2) is 9.97 Å². The van der Waals surface area contributed by atoms with E-state index in [9.17, 15) is 0 Å². The van der Waals surface area contributed by atoms with Gasteiger partial charge in [0, 0.05) is 13.2 Å². The quantitative estimate of drug-likeness (QED) is 0.845. The van der Waals surface area contributed by atoms with E-state index in [-0.39, 0.29) is 4.99 Å². The molecule has 2 aromatic rings. The Bertz CT molecular complexity index is 567. The minimum atomic E-state index is 0.265. The molecule has 0 saturated carbocycles. The third kappa shape index (κ3) is 2.84. The molecule has 6 heteroatoms. The molecule has 18 heavy (non-hydrogen) atoms. The zero-order chi connectivity index (χ0) is 13.1. The standard InChI is InChI=1S/C12H14N4OS/c1-8-3-4-9(17-8)7-16(2)12-14-6-5-10(15-12)11(13)18/h3-6H,7H2,1-2H3,(H2,13,18). The molecule has 5 nitrogen and oxygen atoms in total. The number of aromatic nitrogens is 2. The number of aryl methyl sites for hydroxylation is 1. The molecule has 0 aliphatic heterocycles. The van der Waals surface area contributed by atoms with Crippen LogP contribution in [0.15, 0.2) is 28.8 Å². The molecule has 0 amide bonds. The van der Waals surface area contributed by atoms with Gasteiger partial charge in [0.2, 0.25) is 5.95 Å². The van der Waals surface area contributed by atoms with Gasteiger partial charge in [0.1, 0.15) is 22.2 Å². The second-order valence-corrected chi connectivity index (χ2v) is 4.41. The van der Waals surface area contributed by atoms with Gasteiger partial charge >= 0.3 is 0 Å². The van der Waals surface area contributed by atoms with Gasteiger partial charge in [-0.15, -0.1) is 0 Å². The van der Waals surface area contributed by atoms with E-state index in [4.69, 9.17) is 22.4 Å². The first-order valence-electron chi connectivity index (χ1n) is 5.45. The number of hydrogen-bond donors (Lipinski definition) is 1. The van der Waals surface area contributed by atoms with E-state index in [0.717, 1.165) is 11.5 Å². The number of rotatable bonds is 4. The second kappa shape index (κ2) is 5.14. The average Bonchev–Trinajstić information content (AvgIpc) is 2.75. The number of anilines is 1. The average molecular weight is 262 g/mol. The number of thiocarbonyl (C=S) groups is 1. The van der Waals surface area contributed by atoms with Gasteiger partial charge in [-0.3, -0.25) is 0 Å². The fraction of sp³-hybridized carbons (Fsp3) is 0.250. The smallest absolute Gasteiger partial charge is 0.226 e. The Morgan fingerprint density at radius 3 is 2.83 bits per heavy atom. The summed E-state index contributed by atoms with van der Waals surface area (Å²) in [5, 5.41) is 0. The normalized spacial score (nSPS) is 10.3. The summed E-state index contributed by atoms with van der Waals surface area (Å²) < 4.78 is 5.51. The molecule has 0 fully saturated rings. The highest BCUT2D eigenvalue weighted by Crippen LogP contribution is 2.12.